The van der Waals surface area contributed by atoms with Crippen molar-refractivity contribution in [1.29, 1.82) is 0 Å². The lowest BCUT2D eigenvalue weighted by Crippen LogP contribution is -1.94. The van der Waals surface area contributed by atoms with E-state index in [2.05, 4.69) is 18.7 Å². The van der Waals surface area contributed by atoms with Crippen LogP contribution < -0.4 is 0 Å². The monoisotopic (exact) mass is 198 g/mol. The van der Waals surface area contributed by atoms with Gasteiger partial charge in [0.2, 0.25) is 0 Å². The Hall–Kier alpha value is -1.76. The Balaban J connectivity index is 2.37. The summed E-state index contributed by atoms with van der Waals surface area (Å²) in [5.74, 6) is 2.04. The molecule has 15 heavy (non-hydrogen) atoms. The summed E-state index contributed by atoms with van der Waals surface area (Å²) in [6.45, 7) is 5.82. The van der Waals surface area contributed by atoms with E-state index in [0.29, 0.717) is 0 Å². The first-order valence-electron chi connectivity index (χ1n) is 5.05. The van der Waals surface area contributed by atoms with Crippen molar-refractivity contribution in [2.75, 3.05) is 0 Å². The lowest BCUT2D eigenvalue weighted by atomic mass is 9.97. The Morgan fingerprint density at radius 3 is 2.40 bits per heavy atom. The number of benzene rings is 1. The number of allylic oxidation sites excluding steroid dienone is 1. The van der Waals surface area contributed by atoms with E-state index in [1.165, 1.54) is 5.56 Å². The largest absolute Gasteiger partial charge is 0.465 e. The van der Waals surface area contributed by atoms with Crippen LogP contribution >= 0.6 is 0 Å². The van der Waals surface area contributed by atoms with Crippen LogP contribution in [0.3, 0.4) is 0 Å². The van der Waals surface area contributed by atoms with E-state index in [9.17, 15) is 0 Å². The van der Waals surface area contributed by atoms with Crippen molar-refractivity contribution in [3.8, 4) is 0 Å². The minimum absolute atomic E-state index is 0.153. The standard InChI is InChI=1S/C14H14O/c1-3-13(12-7-5-4-6-8-12)14-10-9-11(2)15-14/h3-10,13H,1H2,2H3. The van der Waals surface area contributed by atoms with Crippen molar-refractivity contribution >= 4 is 0 Å². The van der Waals surface area contributed by atoms with Gasteiger partial charge in [0.15, 0.2) is 0 Å². The first-order chi connectivity index (χ1) is 7.31. The van der Waals surface area contributed by atoms with Crippen LogP contribution in [0, 0.1) is 6.92 Å². The maximum absolute atomic E-state index is 5.62. The van der Waals surface area contributed by atoms with Gasteiger partial charge in [-0.15, -0.1) is 6.58 Å². The van der Waals surface area contributed by atoms with Crippen molar-refractivity contribution in [1.82, 2.24) is 0 Å². The number of hydrogen-bond acceptors (Lipinski definition) is 1. The predicted octanol–water partition coefficient (Wildman–Crippen LogP) is 3.91. The molecule has 0 radical (unpaired) electrons. The summed E-state index contributed by atoms with van der Waals surface area (Å²) in [5, 5.41) is 0. The SMILES string of the molecule is C=CC(c1ccccc1)c1ccc(C)o1. The van der Waals surface area contributed by atoms with Crippen LogP contribution in [-0.4, -0.2) is 0 Å². The molecule has 0 fully saturated rings. The first-order valence-corrected chi connectivity index (χ1v) is 5.05. The van der Waals surface area contributed by atoms with Gasteiger partial charge >= 0.3 is 0 Å². The zero-order valence-electron chi connectivity index (χ0n) is 8.81. The molecule has 0 aliphatic heterocycles. The molecule has 0 aliphatic rings. The highest BCUT2D eigenvalue weighted by molar-refractivity contribution is 5.31. The smallest absolute Gasteiger partial charge is 0.115 e. The maximum Gasteiger partial charge on any atom is 0.115 e. The summed E-state index contributed by atoms with van der Waals surface area (Å²) in [5.41, 5.74) is 1.21. The molecule has 1 atom stereocenters. The Labute approximate surface area is 90.1 Å². The fraction of sp³-hybridized carbons (Fsp3) is 0.143. The minimum Gasteiger partial charge on any atom is -0.465 e. The van der Waals surface area contributed by atoms with Gasteiger partial charge in [-0.1, -0.05) is 36.4 Å². The van der Waals surface area contributed by atoms with Gasteiger partial charge < -0.3 is 4.42 Å². The number of aryl methyl sites for hydroxylation is 1. The molecule has 2 aromatic rings. The van der Waals surface area contributed by atoms with Crippen LogP contribution in [0.2, 0.25) is 0 Å². The summed E-state index contributed by atoms with van der Waals surface area (Å²) in [6, 6.07) is 14.2. The molecule has 76 valence electrons. The molecule has 0 aliphatic carbocycles. The second kappa shape index (κ2) is 4.18. The highest BCUT2D eigenvalue weighted by atomic mass is 16.3. The third kappa shape index (κ3) is 2.01. The molecule has 1 aromatic heterocycles. The van der Waals surface area contributed by atoms with E-state index in [-0.39, 0.29) is 5.92 Å². The quantitative estimate of drug-likeness (QED) is 0.681. The van der Waals surface area contributed by atoms with E-state index in [4.69, 9.17) is 4.42 Å². The van der Waals surface area contributed by atoms with Crippen molar-refractivity contribution in [3.05, 3.63) is 72.2 Å². The molecule has 0 saturated heterocycles. The summed E-state index contributed by atoms with van der Waals surface area (Å²) >= 11 is 0. The average Bonchev–Trinajstić information content (AvgIpc) is 2.68. The molecule has 0 spiro atoms. The van der Waals surface area contributed by atoms with E-state index in [0.717, 1.165) is 11.5 Å². The second-order valence-corrected chi connectivity index (χ2v) is 3.57. The van der Waals surface area contributed by atoms with Gasteiger partial charge in [-0.25, -0.2) is 0 Å². The van der Waals surface area contributed by atoms with Gasteiger partial charge in [0.05, 0.1) is 5.92 Å². The highest BCUT2D eigenvalue weighted by Gasteiger charge is 2.12. The molecule has 0 saturated carbocycles. The van der Waals surface area contributed by atoms with Gasteiger partial charge in [-0.2, -0.15) is 0 Å². The zero-order valence-corrected chi connectivity index (χ0v) is 8.81. The molecule has 1 heterocycles. The Morgan fingerprint density at radius 2 is 1.87 bits per heavy atom. The predicted molar refractivity (Wildman–Crippen MR) is 61.9 cm³/mol. The zero-order chi connectivity index (χ0) is 10.7. The molecule has 1 nitrogen and oxygen atoms in total. The molecule has 0 amide bonds. The molecular weight excluding hydrogens is 184 g/mol. The van der Waals surface area contributed by atoms with Gasteiger partial charge in [-0.3, -0.25) is 0 Å². The second-order valence-electron chi connectivity index (χ2n) is 3.57. The summed E-state index contributed by atoms with van der Waals surface area (Å²) in [7, 11) is 0. The summed E-state index contributed by atoms with van der Waals surface area (Å²) < 4.78 is 5.62. The molecule has 0 bridgehead atoms. The highest BCUT2D eigenvalue weighted by Crippen LogP contribution is 2.26. The van der Waals surface area contributed by atoms with Gasteiger partial charge in [-0.05, 0) is 24.6 Å². The van der Waals surface area contributed by atoms with Crippen LogP contribution in [0.25, 0.3) is 0 Å². The third-order valence-corrected chi connectivity index (χ3v) is 2.46. The maximum atomic E-state index is 5.62. The third-order valence-electron chi connectivity index (χ3n) is 2.46. The average molecular weight is 198 g/mol. The molecular formula is C14H14O. The van der Waals surface area contributed by atoms with Crippen LogP contribution in [0.1, 0.15) is 23.0 Å². The van der Waals surface area contributed by atoms with E-state index in [1.54, 1.807) is 0 Å². The van der Waals surface area contributed by atoms with E-state index >= 15 is 0 Å². The van der Waals surface area contributed by atoms with Crippen molar-refractivity contribution in [3.63, 3.8) is 0 Å². The fourth-order valence-corrected chi connectivity index (χ4v) is 1.70. The Bertz CT molecular complexity index is 439. The Morgan fingerprint density at radius 1 is 1.13 bits per heavy atom. The first kappa shape index (κ1) is 9.78. The van der Waals surface area contributed by atoms with Crippen LogP contribution in [0.15, 0.2) is 59.5 Å². The van der Waals surface area contributed by atoms with Crippen molar-refractivity contribution in [2.45, 2.75) is 12.8 Å². The molecule has 1 aromatic carbocycles. The Kier molecular flexibility index (Phi) is 2.72. The topological polar surface area (TPSA) is 13.1 Å². The molecule has 1 unspecified atom stereocenters. The fourth-order valence-electron chi connectivity index (χ4n) is 1.70. The molecule has 2 rings (SSSR count). The molecule has 1 heteroatoms. The van der Waals surface area contributed by atoms with Gasteiger partial charge in [0, 0.05) is 0 Å². The summed E-state index contributed by atoms with van der Waals surface area (Å²) in [4.78, 5) is 0. The van der Waals surface area contributed by atoms with Crippen LogP contribution in [0.5, 0.6) is 0 Å². The van der Waals surface area contributed by atoms with Crippen LogP contribution in [0.4, 0.5) is 0 Å². The molecule has 0 N–H and O–H groups in total. The van der Waals surface area contributed by atoms with Crippen molar-refractivity contribution < 1.29 is 4.42 Å². The van der Waals surface area contributed by atoms with Crippen LogP contribution in [-0.2, 0) is 0 Å². The number of hydrogen-bond donors (Lipinski definition) is 0. The lowest BCUT2D eigenvalue weighted by Gasteiger charge is -2.09. The normalized spacial score (nSPS) is 12.3. The van der Waals surface area contributed by atoms with E-state index in [1.807, 2.05) is 43.3 Å². The van der Waals surface area contributed by atoms with Crippen molar-refractivity contribution in [2.24, 2.45) is 0 Å². The minimum atomic E-state index is 0.153. The number of furan rings is 1. The van der Waals surface area contributed by atoms with Gasteiger partial charge in [0.25, 0.3) is 0 Å². The van der Waals surface area contributed by atoms with Gasteiger partial charge in [0.1, 0.15) is 11.5 Å². The summed E-state index contributed by atoms with van der Waals surface area (Å²) in [6.07, 6.45) is 1.91. The van der Waals surface area contributed by atoms with E-state index < -0.39 is 0 Å². The number of rotatable bonds is 3. The lowest BCUT2D eigenvalue weighted by molar-refractivity contribution is 0.481.